The molecule has 0 saturated heterocycles. The molecule has 1 heterocycles. The number of H-pyrrole nitrogens is 2. The average Bonchev–Trinajstić information content (AvgIpc) is 2.73. The van der Waals surface area contributed by atoms with Crippen molar-refractivity contribution >= 4 is 21.1 Å². The van der Waals surface area contributed by atoms with Gasteiger partial charge in [-0.2, -0.15) is 0 Å². The predicted octanol–water partition coefficient (Wildman–Crippen LogP) is 1.32. The first-order chi connectivity index (χ1) is 9.03. The lowest BCUT2D eigenvalue weighted by Gasteiger charge is -2.06. The van der Waals surface area contributed by atoms with Crippen LogP contribution in [-0.4, -0.2) is 24.9 Å². The molecule has 0 aliphatic carbocycles. The number of imidazole rings is 1. The fourth-order valence-corrected chi connectivity index (χ4v) is 2.94. The maximum absolute atomic E-state index is 12.0. The number of aromatic nitrogens is 2. The molecule has 0 atom stereocenters. The SMILES string of the molecule is CCCCCNS(=O)(=O)c1ccc2[nH]c(=O)[nH]c2c1. The first kappa shape index (κ1) is 13.8. The van der Waals surface area contributed by atoms with Gasteiger partial charge in [-0.1, -0.05) is 19.8 Å². The van der Waals surface area contributed by atoms with Crippen molar-refractivity contribution in [2.24, 2.45) is 0 Å². The number of sulfonamides is 1. The molecular formula is C12H17N3O3S. The third-order valence-electron chi connectivity index (χ3n) is 2.87. The van der Waals surface area contributed by atoms with Crippen LogP contribution in [0.25, 0.3) is 11.0 Å². The molecule has 0 amide bonds. The highest BCUT2D eigenvalue weighted by atomic mass is 32.2. The van der Waals surface area contributed by atoms with Crippen molar-refractivity contribution in [3.63, 3.8) is 0 Å². The number of fused-ring (bicyclic) bond motifs is 1. The molecule has 0 bridgehead atoms. The molecule has 1 aromatic heterocycles. The minimum absolute atomic E-state index is 0.159. The van der Waals surface area contributed by atoms with E-state index in [2.05, 4.69) is 21.6 Å². The van der Waals surface area contributed by atoms with Crippen LogP contribution in [0.2, 0.25) is 0 Å². The zero-order valence-corrected chi connectivity index (χ0v) is 11.5. The molecular weight excluding hydrogens is 266 g/mol. The Hall–Kier alpha value is -1.60. The molecule has 0 fully saturated rings. The summed E-state index contributed by atoms with van der Waals surface area (Å²) in [6.45, 7) is 2.49. The van der Waals surface area contributed by atoms with Crippen LogP contribution < -0.4 is 10.4 Å². The number of aromatic amines is 2. The van der Waals surface area contributed by atoms with Crippen LogP contribution in [0.4, 0.5) is 0 Å². The monoisotopic (exact) mass is 283 g/mol. The number of nitrogens with one attached hydrogen (secondary N) is 3. The minimum Gasteiger partial charge on any atom is -0.306 e. The van der Waals surface area contributed by atoms with E-state index in [0.29, 0.717) is 17.6 Å². The van der Waals surface area contributed by atoms with Gasteiger partial charge in [0.15, 0.2) is 0 Å². The molecule has 0 aliphatic heterocycles. The summed E-state index contributed by atoms with van der Waals surface area (Å²) in [6.07, 6.45) is 2.85. The quantitative estimate of drug-likeness (QED) is 0.698. The Kier molecular flexibility index (Phi) is 4.06. The van der Waals surface area contributed by atoms with Gasteiger partial charge in [0, 0.05) is 6.54 Å². The van der Waals surface area contributed by atoms with E-state index < -0.39 is 10.0 Å². The molecule has 2 rings (SSSR count). The summed E-state index contributed by atoms with van der Waals surface area (Å²) in [6, 6.07) is 4.51. The van der Waals surface area contributed by atoms with E-state index in [0.717, 1.165) is 19.3 Å². The first-order valence-corrected chi connectivity index (χ1v) is 7.73. The van der Waals surface area contributed by atoms with Gasteiger partial charge in [0.2, 0.25) is 10.0 Å². The summed E-state index contributed by atoms with van der Waals surface area (Å²) in [5, 5.41) is 0. The molecule has 3 N–H and O–H groups in total. The van der Waals surface area contributed by atoms with Gasteiger partial charge in [0.1, 0.15) is 0 Å². The Morgan fingerprint density at radius 2 is 1.89 bits per heavy atom. The molecule has 104 valence electrons. The van der Waals surface area contributed by atoms with Crippen LogP contribution in [0.1, 0.15) is 26.2 Å². The lowest BCUT2D eigenvalue weighted by Crippen LogP contribution is -2.24. The Labute approximate surface area is 111 Å². The smallest absolute Gasteiger partial charge is 0.306 e. The third kappa shape index (κ3) is 3.24. The van der Waals surface area contributed by atoms with Crippen molar-refractivity contribution in [3.05, 3.63) is 28.7 Å². The first-order valence-electron chi connectivity index (χ1n) is 6.24. The van der Waals surface area contributed by atoms with Crippen molar-refractivity contribution < 1.29 is 8.42 Å². The van der Waals surface area contributed by atoms with Crippen molar-refractivity contribution in [1.29, 1.82) is 0 Å². The topological polar surface area (TPSA) is 94.8 Å². The van der Waals surface area contributed by atoms with Gasteiger partial charge in [0.05, 0.1) is 15.9 Å². The number of rotatable bonds is 6. The summed E-state index contributed by atoms with van der Waals surface area (Å²) in [7, 11) is -3.51. The highest BCUT2D eigenvalue weighted by molar-refractivity contribution is 7.89. The highest BCUT2D eigenvalue weighted by Crippen LogP contribution is 2.14. The van der Waals surface area contributed by atoms with Gasteiger partial charge in [-0.15, -0.1) is 0 Å². The van der Waals surface area contributed by atoms with Gasteiger partial charge < -0.3 is 9.97 Å². The van der Waals surface area contributed by atoms with Crippen LogP contribution in [0.5, 0.6) is 0 Å². The lowest BCUT2D eigenvalue weighted by atomic mass is 10.3. The second kappa shape index (κ2) is 5.58. The van der Waals surface area contributed by atoms with E-state index in [4.69, 9.17) is 0 Å². The Morgan fingerprint density at radius 1 is 1.16 bits per heavy atom. The van der Waals surface area contributed by atoms with Crippen LogP contribution in [0.15, 0.2) is 27.9 Å². The number of hydrogen-bond acceptors (Lipinski definition) is 3. The van der Waals surface area contributed by atoms with Gasteiger partial charge in [0.25, 0.3) is 0 Å². The summed E-state index contributed by atoms with van der Waals surface area (Å²) >= 11 is 0. The zero-order valence-electron chi connectivity index (χ0n) is 10.7. The Morgan fingerprint density at radius 3 is 2.63 bits per heavy atom. The number of benzene rings is 1. The number of hydrogen-bond donors (Lipinski definition) is 3. The molecule has 0 spiro atoms. The van der Waals surface area contributed by atoms with E-state index in [1.165, 1.54) is 12.1 Å². The van der Waals surface area contributed by atoms with Gasteiger partial charge >= 0.3 is 5.69 Å². The standard InChI is InChI=1S/C12H17N3O3S/c1-2-3-4-7-13-19(17,18)9-5-6-10-11(8-9)15-12(16)14-10/h5-6,8,13H,2-4,7H2,1H3,(H2,14,15,16). The summed E-state index contributed by atoms with van der Waals surface area (Å²) in [4.78, 5) is 16.4. The van der Waals surface area contributed by atoms with Crippen LogP contribution in [0.3, 0.4) is 0 Å². The maximum Gasteiger partial charge on any atom is 0.323 e. The Bertz CT molecular complexity index is 715. The molecule has 1 aromatic carbocycles. The van der Waals surface area contributed by atoms with Gasteiger partial charge in [-0.3, -0.25) is 0 Å². The second-order valence-electron chi connectivity index (χ2n) is 4.39. The van der Waals surface area contributed by atoms with Crippen LogP contribution in [-0.2, 0) is 10.0 Å². The van der Waals surface area contributed by atoms with E-state index in [1.54, 1.807) is 6.07 Å². The highest BCUT2D eigenvalue weighted by Gasteiger charge is 2.14. The summed E-state index contributed by atoms with van der Waals surface area (Å²) < 4.78 is 26.6. The van der Waals surface area contributed by atoms with E-state index >= 15 is 0 Å². The molecule has 7 heteroatoms. The summed E-state index contributed by atoms with van der Waals surface area (Å²) in [5.74, 6) is 0. The predicted molar refractivity (Wildman–Crippen MR) is 73.6 cm³/mol. The fourth-order valence-electron chi connectivity index (χ4n) is 1.84. The van der Waals surface area contributed by atoms with Gasteiger partial charge in [-0.25, -0.2) is 17.9 Å². The normalized spacial score (nSPS) is 12.1. The van der Waals surface area contributed by atoms with Crippen molar-refractivity contribution in [2.75, 3.05) is 6.54 Å². The number of unbranched alkanes of at least 4 members (excludes halogenated alkanes) is 2. The molecule has 0 saturated carbocycles. The third-order valence-corrected chi connectivity index (χ3v) is 4.33. The fraction of sp³-hybridized carbons (Fsp3) is 0.417. The maximum atomic E-state index is 12.0. The molecule has 0 unspecified atom stereocenters. The van der Waals surface area contributed by atoms with E-state index in [9.17, 15) is 13.2 Å². The van der Waals surface area contributed by atoms with E-state index in [-0.39, 0.29) is 10.6 Å². The van der Waals surface area contributed by atoms with Crippen molar-refractivity contribution in [1.82, 2.24) is 14.7 Å². The summed E-state index contributed by atoms with van der Waals surface area (Å²) in [5.41, 5.74) is 0.733. The molecule has 6 nitrogen and oxygen atoms in total. The zero-order chi connectivity index (χ0) is 13.9. The molecule has 2 aromatic rings. The van der Waals surface area contributed by atoms with E-state index in [1.807, 2.05) is 0 Å². The van der Waals surface area contributed by atoms with Crippen molar-refractivity contribution in [2.45, 2.75) is 31.1 Å². The van der Waals surface area contributed by atoms with Crippen molar-refractivity contribution in [3.8, 4) is 0 Å². The van der Waals surface area contributed by atoms with Crippen LogP contribution >= 0.6 is 0 Å². The average molecular weight is 283 g/mol. The largest absolute Gasteiger partial charge is 0.323 e. The van der Waals surface area contributed by atoms with Gasteiger partial charge in [-0.05, 0) is 24.6 Å². The Balaban J connectivity index is 2.20. The second-order valence-corrected chi connectivity index (χ2v) is 6.16. The van der Waals surface area contributed by atoms with Crippen LogP contribution in [0, 0.1) is 0 Å². The lowest BCUT2D eigenvalue weighted by molar-refractivity contribution is 0.576. The molecule has 0 aliphatic rings. The minimum atomic E-state index is -3.51. The molecule has 0 radical (unpaired) electrons. The molecule has 19 heavy (non-hydrogen) atoms.